The van der Waals surface area contributed by atoms with Gasteiger partial charge in [0, 0.05) is 18.7 Å². The van der Waals surface area contributed by atoms with Crippen LogP contribution in [0.1, 0.15) is 19.8 Å². The Bertz CT molecular complexity index is 346. The average molecular weight is 223 g/mol. The zero-order valence-corrected chi connectivity index (χ0v) is 9.31. The molecule has 1 aromatic heterocycles. The molecule has 2 unspecified atom stereocenters. The molecule has 0 spiro atoms. The van der Waals surface area contributed by atoms with Gasteiger partial charge in [0.2, 0.25) is 0 Å². The number of anilines is 2. The van der Waals surface area contributed by atoms with Gasteiger partial charge >= 0.3 is 0 Å². The zero-order chi connectivity index (χ0) is 11.4. The van der Waals surface area contributed by atoms with E-state index in [1.165, 1.54) is 6.33 Å². The van der Waals surface area contributed by atoms with Crippen molar-refractivity contribution in [1.29, 1.82) is 0 Å². The minimum Gasteiger partial charge on any atom is -0.378 e. The lowest BCUT2D eigenvalue weighted by molar-refractivity contribution is 0.0232. The second-order valence-corrected chi connectivity index (χ2v) is 3.98. The van der Waals surface area contributed by atoms with E-state index in [4.69, 9.17) is 10.6 Å². The number of nitrogens with one attached hydrogen (secondary N) is 2. The van der Waals surface area contributed by atoms with Crippen molar-refractivity contribution in [2.24, 2.45) is 5.84 Å². The van der Waals surface area contributed by atoms with Gasteiger partial charge < -0.3 is 15.5 Å². The van der Waals surface area contributed by atoms with Crippen LogP contribution in [-0.2, 0) is 4.74 Å². The summed E-state index contributed by atoms with van der Waals surface area (Å²) in [5.74, 6) is 6.69. The van der Waals surface area contributed by atoms with Gasteiger partial charge in [-0.2, -0.15) is 0 Å². The van der Waals surface area contributed by atoms with Gasteiger partial charge in [0.05, 0.1) is 6.10 Å². The van der Waals surface area contributed by atoms with Crippen LogP contribution >= 0.6 is 0 Å². The van der Waals surface area contributed by atoms with E-state index >= 15 is 0 Å². The van der Waals surface area contributed by atoms with Crippen LogP contribution in [0.25, 0.3) is 0 Å². The molecule has 0 amide bonds. The van der Waals surface area contributed by atoms with Crippen molar-refractivity contribution in [2.75, 3.05) is 17.3 Å². The summed E-state index contributed by atoms with van der Waals surface area (Å²) < 4.78 is 5.49. The van der Waals surface area contributed by atoms with Crippen molar-refractivity contribution in [3.63, 3.8) is 0 Å². The molecule has 6 heteroatoms. The standard InChI is InChI=1S/C10H17N5O/c1-7-4-8(2-3-16-7)14-9-5-10(15-11)13-6-12-9/h5-8H,2-4,11H2,1H3,(H2,12,13,14,15). The third kappa shape index (κ3) is 2.80. The number of aromatic nitrogens is 2. The molecule has 1 aliphatic rings. The van der Waals surface area contributed by atoms with E-state index in [0.717, 1.165) is 25.3 Å². The molecule has 1 aliphatic heterocycles. The fourth-order valence-corrected chi connectivity index (χ4v) is 1.85. The zero-order valence-electron chi connectivity index (χ0n) is 9.31. The highest BCUT2D eigenvalue weighted by Crippen LogP contribution is 2.18. The van der Waals surface area contributed by atoms with Gasteiger partial charge in [-0.3, -0.25) is 0 Å². The van der Waals surface area contributed by atoms with Crippen molar-refractivity contribution < 1.29 is 4.74 Å². The van der Waals surface area contributed by atoms with Crippen molar-refractivity contribution in [1.82, 2.24) is 9.97 Å². The fourth-order valence-electron chi connectivity index (χ4n) is 1.85. The molecular weight excluding hydrogens is 206 g/mol. The van der Waals surface area contributed by atoms with Crippen molar-refractivity contribution in [3.05, 3.63) is 12.4 Å². The van der Waals surface area contributed by atoms with E-state index in [0.29, 0.717) is 18.0 Å². The average Bonchev–Trinajstić information content (AvgIpc) is 2.29. The van der Waals surface area contributed by atoms with E-state index in [-0.39, 0.29) is 0 Å². The highest BCUT2D eigenvalue weighted by atomic mass is 16.5. The summed E-state index contributed by atoms with van der Waals surface area (Å²) in [6, 6.07) is 2.20. The van der Waals surface area contributed by atoms with Gasteiger partial charge in [0.25, 0.3) is 0 Å². The molecule has 6 nitrogen and oxygen atoms in total. The number of hydrogen-bond donors (Lipinski definition) is 3. The molecule has 0 bridgehead atoms. The molecule has 0 aliphatic carbocycles. The first-order chi connectivity index (χ1) is 7.78. The summed E-state index contributed by atoms with van der Waals surface area (Å²) in [4.78, 5) is 8.10. The van der Waals surface area contributed by atoms with Gasteiger partial charge in [-0.25, -0.2) is 15.8 Å². The molecule has 1 aromatic rings. The maximum atomic E-state index is 5.49. The SMILES string of the molecule is CC1CC(Nc2cc(NN)ncn2)CCO1. The van der Waals surface area contributed by atoms with Crippen LogP contribution in [0.5, 0.6) is 0 Å². The number of hydrogen-bond acceptors (Lipinski definition) is 6. The number of nitrogen functional groups attached to an aromatic ring is 1. The first kappa shape index (κ1) is 11.1. The van der Waals surface area contributed by atoms with Crippen LogP contribution in [0.4, 0.5) is 11.6 Å². The van der Waals surface area contributed by atoms with E-state index in [9.17, 15) is 0 Å². The molecule has 4 N–H and O–H groups in total. The van der Waals surface area contributed by atoms with Gasteiger partial charge in [0.15, 0.2) is 0 Å². The highest BCUT2D eigenvalue weighted by Gasteiger charge is 2.19. The Morgan fingerprint density at radius 1 is 1.44 bits per heavy atom. The van der Waals surface area contributed by atoms with Gasteiger partial charge in [-0.05, 0) is 19.8 Å². The summed E-state index contributed by atoms with van der Waals surface area (Å²) in [7, 11) is 0. The Balaban J connectivity index is 1.97. The van der Waals surface area contributed by atoms with Crippen molar-refractivity contribution >= 4 is 11.6 Å². The molecule has 88 valence electrons. The van der Waals surface area contributed by atoms with Crippen molar-refractivity contribution in [2.45, 2.75) is 31.9 Å². The number of ether oxygens (including phenoxy) is 1. The molecule has 2 atom stereocenters. The van der Waals surface area contributed by atoms with Gasteiger partial charge in [0.1, 0.15) is 18.0 Å². The second kappa shape index (κ2) is 5.09. The predicted molar refractivity (Wildman–Crippen MR) is 61.9 cm³/mol. The molecule has 1 saturated heterocycles. The largest absolute Gasteiger partial charge is 0.378 e. The quantitative estimate of drug-likeness (QED) is 0.517. The van der Waals surface area contributed by atoms with Gasteiger partial charge in [-0.1, -0.05) is 0 Å². The second-order valence-electron chi connectivity index (χ2n) is 3.98. The van der Waals surface area contributed by atoms with Crippen LogP contribution in [0.3, 0.4) is 0 Å². The number of rotatable bonds is 3. The Hall–Kier alpha value is -1.40. The normalized spacial score (nSPS) is 25.1. The topological polar surface area (TPSA) is 85.1 Å². The summed E-state index contributed by atoms with van der Waals surface area (Å²) in [6.45, 7) is 2.88. The first-order valence-electron chi connectivity index (χ1n) is 5.44. The first-order valence-corrected chi connectivity index (χ1v) is 5.44. The number of nitrogens with zero attached hydrogens (tertiary/aromatic N) is 2. The smallest absolute Gasteiger partial charge is 0.145 e. The Labute approximate surface area is 94.6 Å². The summed E-state index contributed by atoms with van der Waals surface area (Å²) in [5, 5.41) is 3.36. The van der Waals surface area contributed by atoms with E-state index in [1.807, 2.05) is 0 Å². The fraction of sp³-hybridized carbons (Fsp3) is 0.600. The van der Waals surface area contributed by atoms with Gasteiger partial charge in [-0.15, -0.1) is 0 Å². The maximum absolute atomic E-state index is 5.49. The molecule has 16 heavy (non-hydrogen) atoms. The number of nitrogens with two attached hydrogens (primary N) is 1. The molecule has 2 rings (SSSR count). The molecular formula is C10H17N5O. The molecule has 0 radical (unpaired) electrons. The molecule has 2 heterocycles. The highest BCUT2D eigenvalue weighted by molar-refractivity contribution is 5.46. The summed E-state index contributed by atoms with van der Waals surface area (Å²) >= 11 is 0. The van der Waals surface area contributed by atoms with E-state index in [1.54, 1.807) is 6.07 Å². The third-order valence-electron chi connectivity index (χ3n) is 2.65. The van der Waals surface area contributed by atoms with Crippen LogP contribution < -0.4 is 16.6 Å². The van der Waals surface area contributed by atoms with Crippen LogP contribution in [-0.4, -0.2) is 28.7 Å². The maximum Gasteiger partial charge on any atom is 0.145 e. The van der Waals surface area contributed by atoms with E-state index in [2.05, 4.69) is 27.6 Å². The minimum atomic E-state index is 0.306. The van der Waals surface area contributed by atoms with Crippen LogP contribution in [0, 0.1) is 0 Å². The molecule has 0 saturated carbocycles. The van der Waals surface area contributed by atoms with Crippen molar-refractivity contribution in [3.8, 4) is 0 Å². The summed E-state index contributed by atoms with van der Waals surface area (Å²) in [6.07, 6.45) is 3.79. The lowest BCUT2D eigenvalue weighted by Gasteiger charge is -2.28. The predicted octanol–water partition coefficient (Wildman–Crippen LogP) is 0.742. The molecule has 1 fully saturated rings. The van der Waals surface area contributed by atoms with Crippen LogP contribution in [0.15, 0.2) is 12.4 Å². The third-order valence-corrected chi connectivity index (χ3v) is 2.65. The lowest BCUT2D eigenvalue weighted by atomic mass is 10.0. The lowest BCUT2D eigenvalue weighted by Crippen LogP contribution is -2.32. The summed E-state index contributed by atoms with van der Waals surface area (Å²) in [5.41, 5.74) is 2.50. The monoisotopic (exact) mass is 223 g/mol. The Kier molecular flexibility index (Phi) is 3.53. The Morgan fingerprint density at radius 2 is 2.25 bits per heavy atom. The number of hydrazine groups is 1. The minimum absolute atomic E-state index is 0.306. The van der Waals surface area contributed by atoms with E-state index < -0.39 is 0 Å². The van der Waals surface area contributed by atoms with Crippen LogP contribution in [0.2, 0.25) is 0 Å². The molecule has 0 aromatic carbocycles. The Morgan fingerprint density at radius 3 is 3.00 bits per heavy atom.